The minimum absolute atomic E-state index is 0.530. The van der Waals surface area contributed by atoms with Crippen LogP contribution in [0.15, 0.2) is 18.2 Å². The van der Waals surface area contributed by atoms with Gasteiger partial charge in [0.25, 0.3) is 0 Å². The Morgan fingerprint density at radius 1 is 1.17 bits per heavy atom. The molecular weight excluding hydrogens is 152 g/mol. The molecule has 4 heteroatoms. The van der Waals surface area contributed by atoms with Crippen molar-refractivity contribution >= 4 is 5.69 Å². The van der Waals surface area contributed by atoms with Gasteiger partial charge in [0.2, 0.25) is 0 Å². The molecule has 12 heavy (non-hydrogen) atoms. The van der Waals surface area contributed by atoms with Crippen LogP contribution >= 0.6 is 0 Å². The molecule has 0 amide bonds. The van der Waals surface area contributed by atoms with Gasteiger partial charge in [-0.2, -0.15) is 0 Å². The minimum atomic E-state index is -1.35. The van der Waals surface area contributed by atoms with Crippen LogP contribution in [0.1, 0.15) is 11.1 Å². The summed E-state index contributed by atoms with van der Waals surface area (Å²) >= 11 is 0. The first-order chi connectivity index (χ1) is 5.41. The molecule has 0 heterocycles. The van der Waals surface area contributed by atoms with Crippen LogP contribution in [0.25, 0.3) is 0 Å². The number of hydrogen-bond donors (Lipinski definition) is 4. The number of nitrogen functional groups attached to an aromatic ring is 1. The number of anilines is 1. The molecule has 0 saturated carbocycles. The van der Waals surface area contributed by atoms with Crippen molar-refractivity contribution in [3.05, 3.63) is 29.3 Å². The summed E-state index contributed by atoms with van der Waals surface area (Å²) in [5.41, 5.74) is 24.3. The second-order valence-electron chi connectivity index (χ2n) is 3.02. The highest BCUT2D eigenvalue weighted by molar-refractivity contribution is 5.51. The molecule has 0 unspecified atom stereocenters. The lowest BCUT2D eigenvalue weighted by Crippen LogP contribution is -2.54. The Labute approximate surface area is 71.5 Å². The summed E-state index contributed by atoms with van der Waals surface area (Å²) in [5, 5.41) is 0. The standard InChI is InChI=1S/C8H14N4/c1-5-2-3-6(7(9)4-5)8(10,11)12/h2-4H,9-12H2,1H3. The van der Waals surface area contributed by atoms with Gasteiger partial charge in [-0.15, -0.1) is 0 Å². The number of nitrogens with two attached hydrogens (primary N) is 4. The van der Waals surface area contributed by atoms with E-state index >= 15 is 0 Å². The zero-order valence-corrected chi connectivity index (χ0v) is 7.04. The van der Waals surface area contributed by atoms with Crippen molar-refractivity contribution < 1.29 is 0 Å². The lowest BCUT2D eigenvalue weighted by atomic mass is 10.1. The Bertz CT molecular complexity index is 288. The Hall–Kier alpha value is -1.10. The Kier molecular flexibility index (Phi) is 2.06. The largest absolute Gasteiger partial charge is 0.398 e. The van der Waals surface area contributed by atoms with Crippen LogP contribution in [0.4, 0.5) is 5.69 Å². The monoisotopic (exact) mass is 166 g/mol. The summed E-state index contributed by atoms with van der Waals surface area (Å²) in [7, 11) is 0. The average molecular weight is 166 g/mol. The van der Waals surface area contributed by atoms with Gasteiger partial charge in [0.15, 0.2) is 0 Å². The third-order valence-corrected chi connectivity index (χ3v) is 1.67. The predicted octanol–water partition coefficient (Wildman–Crippen LogP) is -0.436. The summed E-state index contributed by atoms with van der Waals surface area (Å²) in [6.45, 7) is 1.94. The van der Waals surface area contributed by atoms with Gasteiger partial charge in [-0.1, -0.05) is 12.1 Å². The van der Waals surface area contributed by atoms with Crippen molar-refractivity contribution in [1.82, 2.24) is 0 Å². The first-order valence-electron chi connectivity index (χ1n) is 3.64. The average Bonchev–Trinajstić information content (AvgIpc) is 1.83. The van der Waals surface area contributed by atoms with E-state index in [2.05, 4.69) is 0 Å². The fourth-order valence-corrected chi connectivity index (χ4v) is 1.08. The normalized spacial score (nSPS) is 11.7. The Morgan fingerprint density at radius 2 is 1.75 bits per heavy atom. The molecule has 66 valence electrons. The second kappa shape index (κ2) is 2.75. The van der Waals surface area contributed by atoms with Crippen molar-refractivity contribution in [2.75, 3.05) is 5.73 Å². The van der Waals surface area contributed by atoms with Crippen molar-refractivity contribution in [3.63, 3.8) is 0 Å². The molecular formula is C8H14N4. The molecule has 0 saturated heterocycles. The quantitative estimate of drug-likeness (QED) is 0.335. The van der Waals surface area contributed by atoms with Gasteiger partial charge < -0.3 is 5.73 Å². The maximum Gasteiger partial charge on any atom is 0.144 e. The zero-order chi connectivity index (χ0) is 9.35. The van der Waals surface area contributed by atoms with Crippen molar-refractivity contribution in [3.8, 4) is 0 Å². The van der Waals surface area contributed by atoms with E-state index in [1.54, 1.807) is 12.1 Å². The highest BCUT2D eigenvalue weighted by atomic mass is 15.1. The summed E-state index contributed by atoms with van der Waals surface area (Å²) in [5.74, 6) is -1.35. The first kappa shape index (κ1) is 8.99. The maximum absolute atomic E-state index is 5.67. The maximum atomic E-state index is 5.67. The fraction of sp³-hybridized carbons (Fsp3) is 0.250. The van der Waals surface area contributed by atoms with E-state index in [-0.39, 0.29) is 0 Å². The predicted molar refractivity (Wildman–Crippen MR) is 49.8 cm³/mol. The van der Waals surface area contributed by atoms with Crippen molar-refractivity contribution in [1.29, 1.82) is 0 Å². The molecule has 0 aliphatic rings. The van der Waals surface area contributed by atoms with Gasteiger partial charge in [-0.05, 0) is 18.6 Å². The summed E-state index contributed by atoms with van der Waals surface area (Å²) in [6.07, 6.45) is 0. The van der Waals surface area contributed by atoms with Gasteiger partial charge in [-0.25, -0.2) is 0 Å². The topological polar surface area (TPSA) is 104 Å². The van der Waals surface area contributed by atoms with E-state index in [0.29, 0.717) is 11.3 Å². The van der Waals surface area contributed by atoms with Crippen LogP contribution in [0.5, 0.6) is 0 Å². The molecule has 0 fully saturated rings. The van der Waals surface area contributed by atoms with Crippen molar-refractivity contribution in [2.24, 2.45) is 17.2 Å². The van der Waals surface area contributed by atoms with Gasteiger partial charge >= 0.3 is 0 Å². The van der Waals surface area contributed by atoms with E-state index in [1.807, 2.05) is 13.0 Å². The van der Waals surface area contributed by atoms with E-state index in [0.717, 1.165) is 5.56 Å². The molecule has 1 aromatic rings. The molecule has 0 radical (unpaired) electrons. The Balaban J connectivity index is 3.19. The molecule has 0 bridgehead atoms. The molecule has 0 aromatic heterocycles. The van der Waals surface area contributed by atoms with Crippen LogP contribution < -0.4 is 22.9 Å². The molecule has 0 aliphatic carbocycles. The highest BCUT2D eigenvalue weighted by Gasteiger charge is 2.17. The molecule has 4 nitrogen and oxygen atoms in total. The van der Waals surface area contributed by atoms with Crippen LogP contribution in [0.2, 0.25) is 0 Å². The molecule has 1 aromatic carbocycles. The van der Waals surface area contributed by atoms with E-state index in [4.69, 9.17) is 22.9 Å². The van der Waals surface area contributed by atoms with E-state index in [9.17, 15) is 0 Å². The molecule has 0 atom stereocenters. The minimum Gasteiger partial charge on any atom is -0.398 e. The molecule has 8 N–H and O–H groups in total. The van der Waals surface area contributed by atoms with Crippen molar-refractivity contribution in [2.45, 2.75) is 12.7 Å². The lowest BCUT2D eigenvalue weighted by molar-refractivity contribution is 0.490. The molecule has 1 rings (SSSR count). The molecule has 0 spiro atoms. The number of aryl methyl sites for hydroxylation is 1. The second-order valence-corrected chi connectivity index (χ2v) is 3.02. The van der Waals surface area contributed by atoms with Gasteiger partial charge in [0.1, 0.15) is 5.79 Å². The molecule has 0 aliphatic heterocycles. The van der Waals surface area contributed by atoms with Crippen LogP contribution in [-0.2, 0) is 5.79 Å². The van der Waals surface area contributed by atoms with Crippen LogP contribution in [-0.4, -0.2) is 0 Å². The van der Waals surface area contributed by atoms with Gasteiger partial charge in [-0.3, -0.25) is 17.2 Å². The summed E-state index contributed by atoms with van der Waals surface area (Å²) < 4.78 is 0. The lowest BCUT2D eigenvalue weighted by Gasteiger charge is -2.20. The zero-order valence-electron chi connectivity index (χ0n) is 7.04. The Morgan fingerprint density at radius 3 is 2.17 bits per heavy atom. The SMILES string of the molecule is Cc1ccc(C(N)(N)N)c(N)c1. The van der Waals surface area contributed by atoms with Gasteiger partial charge in [0, 0.05) is 11.3 Å². The first-order valence-corrected chi connectivity index (χ1v) is 3.64. The number of rotatable bonds is 1. The van der Waals surface area contributed by atoms with E-state index in [1.165, 1.54) is 0 Å². The fourth-order valence-electron chi connectivity index (χ4n) is 1.08. The third-order valence-electron chi connectivity index (χ3n) is 1.67. The van der Waals surface area contributed by atoms with E-state index < -0.39 is 5.79 Å². The van der Waals surface area contributed by atoms with Crippen LogP contribution in [0.3, 0.4) is 0 Å². The summed E-state index contributed by atoms with van der Waals surface area (Å²) in [6, 6.07) is 5.40. The third kappa shape index (κ3) is 1.73. The smallest absolute Gasteiger partial charge is 0.144 e. The number of benzene rings is 1. The number of hydrogen-bond acceptors (Lipinski definition) is 4. The summed E-state index contributed by atoms with van der Waals surface area (Å²) in [4.78, 5) is 0. The van der Waals surface area contributed by atoms with Crippen LogP contribution in [0, 0.1) is 6.92 Å². The highest BCUT2D eigenvalue weighted by Crippen LogP contribution is 2.17. The van der Waals surface area contributed by atoms with Gasteiger partial charge in [0.05, 0.1) is 0 Å².